The summed E-state index contributed by atoms with van der Waals surface area (Å²) in [5.74, 6) is -0.223. The van der Waals surface area contributed by atoms with Crippen LogP contribution < -0.4 is 5.56 Å². The van der Waals surface area contributed by atoms with Gasteiger partial charge in [-0.1, -0.05) is 78.9 Å². The molecule has 4 nitrogen and oxygen atoms in total. The van der Waals surface area contributed by atoms with Gasteiger partial charge in [0.1, 0.15) is 5.69 Å². The Labute approximate surface area is 156 Å². The highest BCUT2D eigenvalue weighted by Gasteiger charge is 2.19. The number of hydrogen-bond donors (Lipinski definition) is 0. The summed E-state index contributed by atoms with van der Waals surface area (Å²) < 4.78 is 1.27. The second-order valence-electron chi connectivity index (χ2n) is 6.05. The zero-order valence-corrected chi connectivity index (χ0v) is 14.4. The Hall–Kier alpha value is -3.79. The number of benzene rings is 3. The molecule has 0 amide bonds. The molecule has 27 heavy (non-hydrogen) atoms. The van der Waals surface area contributed by atoms with Crippen molar-refractivity contribution in [3.8, 4) is 16.8 Å². The zero-order chi connectivity index (χ0) is 18.6. The van der Waals surface area contributed by atoms with E-state index in [1.54, 1.807) is 24.3 Å². The normalized spacial score (nSPS) is 10.5. The van der Waals surface area contributed by atoms with E-state index in [1.165, 1.54) is 10.7 Å². The molecule has 0 bridgehead atoms. The van der Waals surface area contributed by atoms with Crippen LogP contribution in [0.2, 0.25) is 0 Å². The van der Waals surface area contributed by atoms with Gasteiger partial charge in [0, 0.05) is 17.2 Å². The van der Waals surface area contributed by atoms with E-state index in [1.807, 2.05) is 66.7 Å². The quantitative estimate of drug-likeness (QED) is 0.519. The van der Waals surface area contributed by atoms with Gasteiger partial charge in [0.25, 0.3) is 5.56 Å². The molecule has 0 fully saturated rings. The van der Waals surface area contributed by atoms with E-state index in [-0.39, 0.29) is 17.0 Å². The molecule has 0 spiro atoms. The predicted molar refractivity (Wildman–Crippen MR) is 105 cm³/mol. The molecule has 0 aliphatic carbocycles. The van der Waals surface area contributed by atoms with Crippen molar-refractivity contribution in [1.29, 1.82) is 0 Å². The monoisotopic (exact) mass is 352 g/mol. The highest BCUT2D eigenvalue weighted by atomic mass is 16.1. The third-order valence-electron chi connectivity index (χ3n) is 4.27. The van der Waals surface area contributed by atoms with Gasteiger partial charge in [-0.2, -0.15) is 9.78 Å². The van der Waals surface area contributed by atoms with Crippen LogP contribution in [0.3, 0.4) is 0 Å². The van der Waals surface area contributed by atoms with Crippen LogP contribution in [-0.2, 0) is 0 Å². The van der Waals surface area contributed by atoms with Crippen LogP contribution in [0.5, 0.6) is 0 Å². The molecule has 0 N–H and O–H groups in total. The maximum absolute atomic E-state index is 13.2. The summed E-state index contributed by atoms with van der Waals surface area (Å²) in [5, 5.41) is 4.45. The van der Waals surface area contributed by atoms with E-state index < -0.39 is 0 Å². The van der Waals surface area contributed by atoms with Crippen LogP contribution in [0.25, 0.3) is 16.8 Å². The van der Waals surface area contributed by atoms with Gasteiger partial charge in [0.15, 0.2) is 0 Å². The van der Waals surface area contributed by atoms with Crippen LogP contribution in [0.1, 0.15) is 16.1 Å². The Morgan fingerprint density at radius 1 is 0.741 bits per heavy atom. The fourth-order valence-electron chi connectivity index (χ4n) is 2.94. The van der Waals surface area contributed by atoms with Crippen molar-refractivity contribution in [2.75, 3.05) is 0 Å². The second kappa shape index (κ2) is 7.22. The Morgan fingerprint density at radius 2 is 1.30 bits per heavy atom. The molecule has 0 radical (unpaired) electrons. The van der Waals surface area contributed by atoms with Gasteiger partial charge < -0.3 is 0 Å². The van der Waals surface area contributed by atoms with Crippen LogP contribution in [0, 0.1) is 0 Å². The topological polar surface area (TPSA) is 52.0 Å². The highest BCUT2D eigenvalue weighted by Crippen LogP contribution is 2.23. The van der Waals surface area contributed by atoms with E-state index in [0.717, 1.165) is 5.56 Å². The third kappa shape index (κ3) is 3.33. The van der Waals surface area contributed by atoms with Crippen molar-refractivity contribution in [2.45, 2.75) is 0 Å². The van der Waals surface area contributed by atoms with Crippen molar-refractivity contribution < 1.29 is 4.79 Å². The summed E-state index contributed by atoms with van der Waals surface area (Å²) in [6, 6.07) is 28.9. The molecule has 1 heterocycles. The summed E-state index contributed by atoms with van der Waals surface area (Å²) in [4.78, 5) is 25.9. The Balaban J connectivity index is 1.96. The zero-order valence-electron chi connectivity index (χ0n) is 14.4. The average Bonchev–Trinajstić information content (AvgIpc) is 2.75. The van der Waals surface area contributed by atoms with Crippen molar-refractivity contribution in [3.63, 3.8) is 0 Å². The number of nitrogens with zero attached hydrogens (tertiary/aromatic N) is 2. The average molecular weight is 352 g/mol. The van der Waals surface area contributed by atoms with Crippen LogP contribution >= 0.6 is 0 Å². The van der Waals surface area contributed by atoms with Crippen LogP contribution in [0.15, 0.2) is 102 Å². The minimum Gasteiger partial charge on any atom is -0.287 e. The molecule has 0 unspecified atom stereocenters. The van der Waals surface area contributed by atoms with Crippen molar-refractivity contribution >= 4 is 5.78 Å². The fourth-order valence-corrected chi connectivity index (χ4v) is 2.94. The molecule has 0 aliphatic rings. The Morgan fingerprint density at radius 3 is 1.93 bits per heavy atom. The first-order valence-corrected chi connectivity index (χ1v) is 8.59. The Bertz CT molecular complexity index is 1140. The lowest BCUT2D eigenvalue weighted by molar-refractivity contribution is 0.103. The lowest BCUT2D eigenvalue weighted by Crippen LogP contribution is -2.24. The number of rotatable bonds is 4. The molecular formula is C23H16N2O2. The number of hydrogen-bond acceptors (Lipinski definition) is 3. The molecule has 0 atom stereocenters. The van der Waals surface area contributed by atoms with Gasteiger partial charge in [-0.3, -0.25) is 9.59 Å². The lowest BCUT2D eigenvalue weighted by Gasteiger charge is -2.12. The van der Waals surface area contributed by atoms with Gasteiger partial charge in [-0.05, 0) is 17.7 Å². The van der Waals surface area contributed by atoms with Gasteiger partial charge in [-0.15, -0.1) is 0 Å². The minimum atomic E-state index is -0.287. The Kier molecular flexibility index (Phi) is 4.45. The molecule has 1 aromatic heterocycles. The summed E-state index contributed by atoms with van der Waals surface area (Å²) in [7, 11) is 0. The van der Waals surface area contributed by atoms with Crippen molar-refractivity contribution in [3.05, 3.63) is 119 Å². The standard InChI is InChI=1S/C23H16N2O2/c26-21-16-20(17-10-4-1-5-11-17)22(23(27)18-12-6-2-7-13-18)24-25(21)19-14-8-3-9-15-19/h1-16H. The first-order valence-electron chi connectivity index (χ1n) is 8.59. The van der Waals surface area contributed by atoms with Crippen LogP contribution in [-0.4, -0.2) is 15.6 Å². The summed E-state index contributed by atoms with van der Waals surface area (Å²) in [5.41, 5.74) is 2.41. The minimum absolute atomic E-state index is 0.223. The summed E-state index contributed by atoms with van der Waals surface area (Å²) in [6.45, 7) is 0. The number of ketones is 1. The summed E-state index contributed by atoms with van der Waals surface area (Å²) in [6.07, 6.45) is 0. The van der Waals surface area contributed by atoms with Gasteiger partial charge in [-0.25, -0.2) is 0 Å². The predicted octanol–water partition coefficient (Wildman–Crippen LogP) is 4.13. The van der Waals surface area contributed by atoms with E-state index in [2.05, 4.69) is 5.10 Å². The van der Waals surface area contributed by atoms with Gasteiger partial charge >= 0.3 is 0 Å². The van der Waals surface area contributed by atoms with Crippen molar-refractivity contribution in [1.82, 2.24) is 9.78 Å². The molecular weight excluding hydrogens is 336 g/mol. The number of aromatic nitrogens is 2. The molecule has 130 valence electrons. The second-order valence-corrected chi connectivity index (χ2v) is 6.05. The molecule has 0 saturated heterocycles. The largest absolute Gasteiger partial charge is 0.287 e. The third-order valence-corrected chi connectivity index (χ3v) is 4.27. The summed E-state index contributed by atoms with van der Waals surface area (Å²) >= 11 is 0. The van der Waals surface area contributed by atoms with E-state index in [9.17, 15) is 9.59 Å². The first-order chi connectivity index (χ1) is 13.2. The highest BCUT2D eigenvalue weighted by molar-refractivity contribution is 6.11. The SMILES string of the molecule is O=C(c1ccccc1)c1nn(-c2ccccc2)c(=O)cc1-c1ccccc1. The van der Waals surface area contributed by atoms with Crippen LogP contribution in [0.4, 0.5) is 0 Å². The van der Waals surface area contributed by atoms with Crippen molar-refractivity contribution in [2.24, 2.45) is 0 Å². The molecule has 0 saturated carbocycles. The number of para-hydroxylation sites is 1. The van der Waals surface area contributed by atoms with Gasteiger partial charge in [0.2, 0.25) is 5.78 Å². The van der Waals surface area contributed by atoms with E-state index >= 15 is 0 Å². The molecule has 4 heteroatoms. The maximum atomic E-state index is 13.2. The number of carbonyl (C=O) groups excluding carboxylic acids is 1. The maximum Gasteiger partial charge on any atom is 0.272 e. The fraction of sp³-hybridized carbons (Fsp3) is 0. The number of carbonyl (C=O) groups is 1. The lowest BCUT2D eigenvalue weighted by atomic mass is 9.99. The first kappa shape index (κ1) is 16.7. The molecule has 3 aromatic carbocycles. The van der Waals surface area contributed by atoms with Gasteiger partial charge in [0.05, 0.1) is 5.69 Å². The smallest absolute Gasteiger partial charge is 0.272 e. The van der Waals surface area contributed by atoms with E-state index in [4.69, 9.17) is 0 Å². The molecule has 4 aromatic rings. The molecule has 0 aliphatic heterocycles. The molecule has 4 rings (SSSR count). The van der Waals surface area contributed by atoms with E-state index in [0.29, 0.717) is 16.8 Å².